The van der Waals surface area contributed by atoms with Gasteiger partial charge in [-0.2, -0.15) is 4.57 Å². The molecule has 0 radical (unpaired) electrons. The summed E-state index contributed by atoms with van der Waals surface area (Å²) < 4.78 is 14.6. The summed E-state index contributed by atoms with van der Waals surface area (Å²) in [5.74, 6) is -0.448. The number of carbonyl (C=O) groups is 2. The number of hydrogen-bond acceptors (Lipinski definition) is 2. The zero-order valence-corrected chi connectivity index (χ0v) is 15.2. The predicted molar refractivity (Wildman–Crippen MR) is 98.0 cm³/mol. The van der Waals surface area contributed by atoms with Gasteiger partial charge in [0.05, 0.1) is 6.54 Å². The van der Waals surface area contributed by atoms with Crippen LogP contribution in [0.4, 0.5) is 10.1 Å². The number of nitrogens with zero attached hydrogens (tertiary/aromatic N) is 1. The van der Waals surface area contributed by atoms with Crippen molar-refractivity contribution in [1.29, 1.82) is 0 Å². The van der Waals surface area contributed by atoms with E-state index >= 15 is 0 Å². The lowest BCUT2D eigenvalue weighted by Gasteiger charge is -2.11. The number of pyridine rings is 1. The van der Waals surface area contributed by atoms with Gasteiger partial charge in [0.25, 0.3) is 5.91 Å². The number of benzene rings is 1. The maximum absolute atomic E-state index is 12.8. The quantitative estimate of drug-likeness (QED) is 0.713. The lowest BCUT2D eigenvalue weighted by Crippen LogP contribution is -2.44. The van der Waals surface area contributed by atoms with Crippen LogP contribution in [0.3, 0.4) is 0 Å². The number of rotatable bonds is 8. The SMILES string of the molecule is CCC(CC)c1cc[n+](CC(=O)NCC(=O)Nc2ccc(F)cc2)cc1. The highest BCUT2D eigenvalue weighted by Crippen LogP contribution is 2.21. The Bertz CT molecular complexity index is 726. The minimum Gasteiger partial charge on any atom is -0.342 e. The molecule has 5 nitrogen and oxygen atoms in total. The molecule has 138 valence electrons. The van der Waals surface area contributed by atoms with Crippen molar-refractivity contribution in [2.24, 2.45) is 0 Å². The van der Waals surface area contributed by atoms with E-state index < -0.39 is 0 Å². The smallest absolute Gasteiger partial charge is 0.286 e. The van der Waals surface area contributed by atoms with Gasteiger partial charge in [-0.25, -0.2) is 4.39 Å². The minimum atomic E-state index is -0.372. The highest BCUT2D eigenvalue weighted by molar-refractivity contribution is 5.94. The first-order chi connectivity index (χ1) is 12.5. The first-order valence-corrected chi connectivity index (χ1v) is 8.83. The van der Waals surface area contributed by atoms with Crippen molar-refractivity contribution in [1.82, 2.24) is 5.32 Å². The van der Waals surface area contributed by atoms with Crippen LogP contribution in [0.5, 0.6) is 0 Å². The van der Waals surface area contributed by atoms with E-state index in [9.17, 15) is 14.0 Å². The van der Waals surface area contributed by atoms with Crippen molar-refractivity contribution in [3.05, 3.63) is 60.2 Å². The Labute approximate surface area is 153 Å². The van der Waals surface area contributed by atoms with Gasteiger partial charge in [-0.3, -0.25) is 9.59 Å². The standard InChI is InChI=1S/C20H24FN3O2/c1-3-15(4-2)16-9-11-24(12-10-16)14-20(26)22-13-19(25)23-18-7-5-17(21)6-8-18/h5-12,15H,3-4,13-14H2,1-2H3,(H-,22,23,25,26)/p+1. The van der Waals surface area contributed by atoms with Gasteiger partial charge in [-0.1, -0.05) is 13.8 Å². The van der Waals surface area contributed by atoms with Gasteiger partial charge in [0.1, 0.15) is 5.82 Å². The van der Waals surface area contributed by atoms with E-state index in [4.69, 9.17) is 0 Å². The van der Waals surface area contributed by atoms with Crippen molar-refractivity contribution >= 4 is 17.5 Å². The monoisotopic (exact) mass is 358 g/mol. The summed E-state index contributed by atoms with van der Waals surface area (Å²) in [6.07, 6.45) is 5.94. The zero-order valence-electron chi connectivity index (χ0n) is 15.2. The molecule has 0 fully saturated rings. The van der Waals surface area contributed by atoms with Crippen LogP contribution in [0.2, 0.25) is 0 Å². The Kier molecular flexibility index (Phi) is 7.26. The molecular formula is C20H25FN3O2+. The highest BCUT2D eigenvalue weighted by atomic mass is 19.1. The summed E-state index contributed by atoms with van der Waals surface area (Å²) in [6, 6.07) is 9.52. The Morgan fingerprint density at radius 3 is 2.19 bits per heavy atom. The molecule has 1 aromatic heterocycles. The first-order valence-electron chi connectivity index (χ1n) is 8.83. The number of carbonyl (C=O) groups excluding carboxylic acids is 2. The number of hydrogen-bond donors (Lipinski definition) is 2. The summed E-state index contributed by atoms with van der Waals surface area (Å²) in [4.78, 5) is 23.8. The molecule has 6 heteroatoms. The predicted octanol–water partition coefficient (Wildman–Crippen LogP) is 2.77. The topological polar surface area (TPSA) is 62.1 Å². The summed E-state index contributed by atoms with van der Waals surface area (Å²) in [7, 11) is 0. The number of halogens is 1. The third kappa shape index (κ3) is 5.95. The summed E-state index contributed by atoms with van der Waals surface area (Å²) in [5, 5.41) is 5.17. The van der Waals surface area contributed by atoms with Gasteiger partial charge in [0, 0.05) is 17.8 Å². The second kappa shape index (κ2) is 9.65. The van der Waals surface area contributed by atoms with Crippen molar-refractivity contribution in [2.75, 3.05) is 11.9 Å². The molecule has 2 rings (SSSR count). The third-order valence-corrected chi connectivity index (χ3v) is 4.27. The lowest BCUT2D eigenvalue weighted by atomic mass is 9.95. The molecule has 0 bridgehead atoms. The van der Waals surface area contributed by atoms with E-state index in [0.29, 0.717) is 11.6 Å². The zero-order chi connectivity index (χ0) is 18.9. The van der Waals surface area contributed by atoms with Crippen molar-refractivity contribution in [2.45, 2.75) is 39.2 Å². The summed E-state index contributed by atoms with van der Waals surface area (Å²) in [6.45, 7) is 4.34. The number of anilines is 1. The van der Waals surface area contributed by atoms with Crippen molar-refractivity contribution < 1.29 is 18.5 Å². The largest absolute Gasteiger partial charge is 0.342 e. The normalized spacial score (nSPS) is 10.6. The molecule has 0 saturated carbocycles. The van der Waals surface area contributed by atoms with E-state index in [1.54, 1.807) is 4.57 Å². The average Bonchev–Trinajstić information content (AvgIpc) is 2.64. The molecular weight excluding hydrogens is 333 g/mol. The molecule has 26 heavy (non-hydrogen) atoms. The Morgan fingerprint density at radius 1 is 1.00 bits per heavy atom. The maximum atomic E-state index is 12.8. The molecule has 0 aliphatic rings. The van der Waals surface area contributed by atoms with Crippen LogP contribution in [0.15, 0.2) is 48.8 Å². The van der Waals surface area contributed by atoms with E-state index in [1.165, 1.54) is 29.8 Å². The molecule has 0 spiro atoms. The molecule has 0 aliphatic heterocycles. The van der Waals surface area contributed by atoms with Crippen LogP contribution in [0, 0.1) is 5.82 Å². The lowest BCUT2D eigenvalue weighted by molar-refractivity contribution is -0.684. The van der Waals surface area contributed by atoms with Gasteiger partial charge in [0.2, 0.25) is 12.5 Å². The van der Waals surface area contributed by atoms with Crippen LogP contribution in [0.25, 0.3) is 0 Å². The van der Waals surface area contributed by atoms with E-state index in [0.717, 1.165) is 12.8 Å². The number of aromatic nitrogens is 1. The summed E-state index contributed by atoms with van der Waals surface area (Å²) in [5.41, 5.74) is 1.75. The maximum Gasteiger partial charge on any atom is 0.286 e. The van der Waals surface area contributed by atoms with Crippen LogP contribution in [-0.4, -0.2) is 18.4 Å². The number of nitrogens with one attached hydrogen (secondary N) is 2. The Balaban J connectivity index is 1.79. The highest BCUT2D eigenvalue weighted by Gasteiger charge is 2.13. The average molecular weight is 358 g/mol. The molecule has 1 aromatic carbocycles. The third-order valence-electron chi connectivity index (χ3n) is 4.27. The molecule has 0 unspecified atom stereocenters. The Morgan fingerprint density at radius 2 is 1.62 bits per heavy atom. The number of amides is 2. The fourth-order valence-corrected chi connectivity index (χ4v) is 2.75. The molecule has 0 saturated heterocycles. The fourth-order valence-electron chi connectivity index (χ4n) is 2.75. The van der Waals surface area contributed by atoms with Crippen molar-refractivity contribution in [3.8, 4) is 0 Å². The summed E-state index contributed by atoms with van der Waals surface area (Å²) >= 11 is 0. The minimum absolute atomic E-state index is 0.136. The molecule has 2 N–H and O–H groups in total. The van der Waals surface area contributed by atoms with Gasteiger partial charge < -0.3 is 10.6 Å². The second-order valence-electron chi connectivity index (χ2n) is 6.15. The van der Waals surface area contributed by atoms with Crippen LogP contribution in [0.1, 0.15) is 38.2 Å². The van der Waals surface area contributed by atoms with Crippen molar-refractivity contribution in [3.63, 3.8) is 0 Å². The van der Waals surface area contributed by atoms with E-state index in [-0.39, 0.29) is 30.7 Å². The van der Waals surface area contributed by atoms with E-state index in [2.05, 4.69) is 24.5 Å². The van der Waals surface area contributed by atoms with Crippen LogP contribution in [-0.2, 0) is 16.1 Å². The Hall–Kier alpha value is -2.76. The van der Waals surface area contributed by atoms with Gasteiger partial charge >= 0.3 is 0 Å². The fraction of sp³-hybridized carbons (Fsp3) is 0.350. The van der Waals surface area contributed by atoms with Gasteiger partial charge in [-0.05, 0) is 48.6 Å². The van der Waals surface area contributed by atoms with Gasteiger partial charge in [-0.15, -0.1) is 0 Å². The van der Waals surface area contributed by atoms with Crippen LogP contribution >= 0.6 is 0 Å². The molecule has 2 aromatic rings. The molecule has 0 aliphatic carbocycles. The van der Waals surface area contributed by atoms with Crippen LogP contribution < -0.4 is 15.2 Å². The first kappa shape index (κ1) is 19.6. The van der Waals surface area contributed by atoms with Gasteiger partial charge in [0.15, 0.2) is 12.4 Å². The molecule has 2 amide bonds. The molecule has 1 heterocycles. The molecule has 0 atom stereocenters. The second-order valence-corrected chi connectivity index (χ2v) is 6.15. The van der Waals surface area contributed by atoms with E-state index in [1.807, 2.05) is 24.5 Å².